The SMILES string of the molecule is CN(CCOc1cccc(Cl)c1)C(=O)c1csc(I)c1. The van der Waals surface area contributed by atoms with Crippen molar-refractivity contribution < 1.29 is 9.53 Å². The van der Waals surface area contributed by atoms with Gasteiger partial charge in [-0.15, -0.1) is 11.3 Å². The van der Waals surface area contributed by atoms with Gasteiger partial charge in [0.1, 0.15) is 12.4 Å². The van der Waals surface area contributed by atoms with Crippen LogP contribution in [-0.2, 0) is 0 Å². The molecule has 0 aliphatic rings. The first-order chi connectivity index (χ1) is 9.56. The predicted octanol–water partition coefficient (Wildman–Crippen LogP) is 4.16. The van der Waals surface area contributed by atoms with Gasteiger partial charge < -0.3 is 9.64 Å². The topological polar surface area (TPSA) is 29.5 Å². The summed E-state index contributed by atoms with van der Waals surface area (Å²) in [6.45, 7) is 0.960. The van der Waals surface area contributed by atoms with Crippen LogP contribution in [0.2, 0.25) is 5.02 Å². The molecule has 0 aliphatic carbocycles. The third kappa shape index (κ3) is 4.36. The zero-order valence-corrected chi connectivity index (χ0v) is 14.5. The Labute approximate surface area is 140 Å². The molecule has 1 heterocycles. The van der Waals surface area contributed by atoms with Crippen LogP contribution in [-0.4, -0.2) is 31.0 Å². The van der Waals surface area contributed by atoms with E-state index in [0.717, 1.165) is 8.45 Å². The number of nitrogens with zero attached hydrogens (tertiary/aromatic N) is 1. The normalized spacial score (nSPS) is 10.3. The van der Waals surface area contributed by atoms with Crippen molar-refractivity contribution in [3.8, 4) is 5.75 Å². The van der Waals surface area contributed by atoms with E-state index >= 15 is 0 Å². The third-order valence-corrected chi connectivity index (χ3v) is 4.68. The van der Waals surface area contributed by atoms with Gasteiger partial charge in [0.15, 0.2) is 0 Å². The summed E-state index contributed by atoms with van der Waals surface area (Å²) in [5.41, 5.74) is 0.727. The Morgan fingerprint density at radius 1 is 1.45 bits per heavy atom. The largest absolute Gasteiger partial charge is 0.492 e. The van der Waals surface area contributed by atoms with E-state index in [4.69, 9.17) is 16.3 Å². The summed E-state index contributed by atoms with van der Waals surface area (Å²) in [5.74, 6) is 0.724. The van der Waals surface area contributed by atoms with E-state index in [1.807, 2.05) is 23.6 Å². The molecule has 0 aliphatic heterocycles. The number of carbonyl (C=O) groups excluding carboxylic acids is 1. The standard InChI is InChI=1S/C14H13ClINO2S/c1-17(14(18)10-7-13(16)20-9-10)5-6-19-12-4-2-3-11(15)8-12/h2-4,7-9H,5-6H2,1H3. The molecule has 0 fully saturated rings. The van der Waals surface area contributed by atoms with Gasteiger partial charge in [-0.2, -0.15) is 0 Å². The Bertz CT molecular complexity index is 602. The number of likely N-dealkylation sites (N-methyl/N-ethyl adjacent to an activating group) is 1. The number of ether oxygens (including phenoxy) is 1. The fraction of sp³-hybridized carbons (Fsp3) is 0.214. The van der Waals surface area contributed by atoms with E-state index in [1.54, 1.807) is 35.4 Å². The predicted molar refractivity (Wildman–Crippen MR) is 90.9 cm³/mol. The van der Waals surface area contributed by atoms with Crippen molar-refractivity contribution in [2.45, 2.75) is 0 Å². The lowest BCUT2D eigenvalue weighted by Gasteiger charge is -2.16. The number of amides is 1. The molecule has 0 saturated heterocycles. The Balaban J connectivity index is 1.83. The zero-order valence-electron chi connectivity index (χ0n) is 10.8. The van der Waals surface area contributed by atoms with Crippen molar-refractivity contribution in [2.75, 3.05) is 20.2 Å². The molecule has 106 valence electrons. The molecule has 6 heteroatoms. The van der Waals surface area contributed by atoms with Gasteiger partial charge in [0, 0.05) is 17.5 Å². The quantitative estimate of drug-likeness (QED) is 0.679. The molecule has 3 nitrogen and oxygen atoms in total. The van der Waals surface area contributed by atoms with Crippen LogP contribution in [0.15, 0.2) is 35.7 Å². The Morgan fingerprint density at radius 2 is 2.25 bits per heavy atom. The Morgan fingerprint density at radius 3 is 2.90 bits per heavy atom. The summed E-state index contributed by atoms with van der Waals surface area (Å²) >= 11 is 9.65. The van der Waals surface area contributed by atoms with Crippen molar-refractivity contribution in [2.24, 2.45) is 0 Å². The van der Waals surface area contributed by atoms with Gasteiger partial charge in [-0.25, -0.2) is 0 Å². The maximum absolute atomic E-state index is 12.1. The van der Waals surface area contributed by atoms with Crippen LogP contribution in [0.5, 0.6) is 5.75 Å². The van der Waals surface area contributed by atoms with Crippen LogP contribution in [0.3, 0.4) is 0 Å². The summed E-state index contributed by atoms with van der Waals surface area (Å²) in [7, 11) is 1.77. The van der Waals surface area contributed by atoms with E-state index in [0.29, 0.717) is 23.9 Å². The summed E-state index contributed by atoms with van der Waals surface area (Å²) in [6.07, 6.45) is 0. The first kappa shape index (κ1) is 15.6. The third-order valence-electron chi connectivity index (χ3n) is 2.65. The lowest BCUT2D eigenvalue weighted by atomic mass is 10.3. The van der Waals surface area contributed by atoms with Crippen molar-refractivity contribution in [1.82, 2.24) is 4.90 Å². The molecule has 0 N–H and O–H groups in total. The molecule has 0 spiro atoms. The van der Waals surface area contributed by atoms with Gasteiger partial charge >= 0.3 is 0 Å². The first-order valence-electron chi connectivity index (χ1n) is 5.94. The second kappa shape index (κ2) is 7.28. The summed E-state index contributed by atoms with van der Waals surface area (Å²) in [5, 5.41) is 2.51. The van der Waals surface area contributed by atoms with E-state index in [-0.39, 0.29) is 5.91 Å². The number of halogens is 2. The highest BCUT2D eigenvalue weighted by Gasteiger charge is 2.13. The number of hydrogen-bond acceptors (Lipinski definition) is 3. The van der Waals surface area contributed by atoms with Crippen LogP contribution in [0.4, 0.5) is 0 Å². The van der Waals surface area contributed by atoms with E-state index in [1.165, 1.54) is 0 Å². The van der Waals surface area contributed by atoms with E-state index in [2.05, 4.69) is 22.6 Å². The fourth-order valence-corrected chi connectivity index (χ4v) is 3.10. The minimum Gasteiger partial charge on any atom is -0.492 e. The average Bonchev–Trinajstić information content (AvgIpc) is 2.84. The summed E-state index contributed by atoms with van der Waals surface area (Å²) < 4.78 is 6.68. The van der Waals surface area contributed by atoms with E-state index < -0.39 is 0 Å². The summed E-state index contributed by atoms with van der Waals surface area (Å²) in [6, 6.07) is 9.11. The molecule has 0 unspecified atom stereocenters. The smallest absolute Gasteiger partial charge is 0.254 e. The monoisotopic (exact) mass is 421 g/mol. The minimum atomic E-state index is 0.0128. The van der Waals surface area contributed by atoms with Gasteiger partial charge in [0.25, 0.3) is 5.91 Å². The van der Waals surface area contributed by atoms with Gasteiger partial charge in [-0.05, 0) is 46.9 Å². The molecule has 0 saturated carbocycles. The maximum Gasteiger partial charge on any atom is 0.254 e. The lowest BCUT2D eigenvalue weighted by molar-refractivity contribution is 0.0774. The number of hydrogen-bond donors (Lipinski definition) is 0. The molecule has 20 heavy (non-hydrogen) atoms. The average molecular weight is 422 g/mol. The Kier molecular flexibility index (Phi) is 5.68. The number of benzene rings is 1. The van der Waals surface area contributed by atoms with Gasteiger partial charge in [0.05, 0.1) is 15.0 Å². The molecule has 1 amide bonds. The maximum atomic E-state index is 12.1. The highest BCUT2D eigenvalue weighted by molar-refractivity contribution is 14.1. The fourth-order valence-electron chi connectivity index (χ4n) is 1.60. The molecule has 2 aromatic rings. The van der Waals surface area contributed by atoms with Gasteiger partial charge in [-0.1, -0.05) is 17.7 Å². The number of carbonyl (C=O) groups is 1. The van der Waals surface area contributed by atoms with Crippen molar-refractivity contribution >= 4 is 51.4 Å². The molecule has 1 aromatic heterocycles. The summed E-state index contributed by atoms with van der Waals surface area (Å²) in [4.78, 5) is 13.8. The second-order valence-corrected chi connectivity index (χ2v) is 7.41. The van der Waals surface area contributed by atoms with Crippen LogP contribution >= 0.6 is 45.5 Å². The highest BCUT2D eigenvalue weighted by atomic mass is 127. The molecular weight excluding hydrogens is 409 g/mol. The zero-order chi connectivity index (χ0) is 14.5. The second-order valence-electron chi connectivity index (χ2n) is 4.17. The molecule has 1 aromatic carbocycles. The molecular formula is C14H13ClINO2S. The van der Waals surface area contributed by atoms with Crippen LogP contribution in [0.1, 0.15) is 10.4 Å². The lowest BCUT2D eigenvalue weighted by Crippen LogP contribution is -2.30. The minimum absolute atomic E-state index is 0.0128. The van der Waals surface area contributed by atoms with Crippen LogP contribution < -0.4 is 4.74 Å². The Hall–Kier alpha value is -0.790. The van der Waals surface area contributed by atoms with Crippen molar-refractivity contribution in [1.29, 1.82) is 0 Å². The molecule has 0 radical (unpaired) electrons. The first-order valence-corrected chi connectivity index (χ1v) is 8.28. The van der Waals surface area contributed by atoms with Crippen LogP contribution in [0, 0.1) is 2.88 Å². The highest BCUT2D eigenvalue weighted by Crippen LogP contribution is 2.18. The number of rotatable bonds is 5. The number of thiophene rings is 1. The van der Waals surface area contributed by atoms with Gasteiger partial charge in [-0.3, -0.25) is 4.79 Å². The molecule has 2 rings (SSSR count). The van der Waals surface area contributed by atoms with E-state index in [9.17, 15) is 4.79 Å². The van der Waals surface area contributed by atoms with Crippen LogP contribution in [0.25, 0.3) is 0 Å². The molecule has 0 atom stereocenters. The van der Waals surface area contributed by atoms with Crippen molar-refractivity contribution in [3.05, 3.63) is 49.2 Å². The van der Waals surface area contributed by atoms with Crippen molar-refractivity contribution in [3.63, 3.8) is 0 Å². The molecule has 0 bridgehead atoms. The van der Waals surface area contributed by atoms with Gasteiger partial charge in [0.2, 0.25) is 0 Å².